The first-order valence-electron chi connectivity index (χ1n) is 6.12. The molecule has 1 heteroatoms. The molecule has 0 aromatic carbocycles. The summed E-state index contributed by atoms with van der Waals surface area (Å²) in [5.74, 6) is 0.730. The van der Waals surface area contributed by atoms with Gasteiger partial charge in [-0.1, -0.05) is 57.9 Å². The first-order chi connectivity index (χ1) is 7.20. The zero-order valence-corrected chi connectivity index (χ0v) is 10.4. The Morgan fingerprint density at radius 2 is 1.73 bits per heavy atom. The van der Waals surface area contributed by atoms with Crippen molar-refractivity contribution >= 4 is 0 Å². The molecule has 0 spiro atoms. The molecule has 2 atom stereocenters. The summed E-state index contributed by atoms with van der Waals surface area (Å²) in [4.78, 5) is 0. The zero-order chi connectivity index (χ0) is 11.5. The molecular weight excluding hydrogens is 184 g/mol. The van der Waals surface area contributed by atoms with Crippen LogP contribution in [0.3, 0.4) is 0 Å². The highest BCUT2D eigenvalue weighted by Crippen LogP contribution is 2.08. The van der Waals surface area contributed by atoms with E-state index in [-0.39, 0.29) is 12.5 Å². The van der Waals surface area contributed by atoms with Gasteiger partial charge in [0.2, 0.25) is 0 Å². The fraction of sp³-hybridized carbons (Fsp3) is 0.714. The summed E-state index contributed by atoms with van der Waals surface area (Å²) in [6.45, 7) is 6.37. The molecule has 0 bridgehead atoms. The quantitative estimate of drug-likeness (QED) is 0.417. The van der Waals surface area contributed by atoms with Crippen molar-refractivity contribution in [2.75, 3.05) is 6.61 Å². The summed E-state index contributed by atoms with van der Waals surface area (Å²) in [7, 11) is 0. The van der Waals surface area contributed by atoms with E-state index in [1.165, 1.54) is 19.3 Å². The predicted molar refractivity (Wildman–Crippen MR) is 66.3 cm³/mol. The Morgan fingerprint density at radius 1 is 1.07 bits per heavy atom. The van der Waals surface area contributed by atoms with Crippen molar-refractivity contribution in [2.24, 2.45) is 11.8 Å². The van der Waals surface area contributed by atoms with Crippen molar-refractivity contribution in [3.8, 4) is 0 Å². The van der Waals surface area contributed by atoms with E-state index in [0.717, 1.165) is 6.42 Å². The number of allylic oxidation sites excluding steroid dienone is 3. The van der Waals surface area contributed by atoms with E-state index in [1.54, 1.807) is 0 Å². The van der Waals surface area contributed by atoms with Gasteiger partial charge in [0.1, 0.15) is 0 Å². The van der Waals surface area contributed by atoms with E-state index < -0.39 is 0 Å². The van der Waals surface area contributed by atoms with Gasteiger partial charge in [0, 0.05) is 5.92 Å². The van der Waals surface area contributed by atoms with Crippen LogP contribution in [-0.2, 0) is 5.11 Å². The Bertz CT molecular complexity index is 182. The van der Waals surface area contributed by atoms with Crippen molar-refractivity contribution in [3.63, 3.8) is 0 Å². The maximum absolute atomic E-state index is 10.5. The average molecular weight is 209 g/mol. The van der Waals surface area contributed by atoms with E-state index in [0.29, 0.717) is 5.92 Å². The summed E-state index contributed by atoms with van der Waals surface area (Å²) in [6, 6.07) is 0. The smallest absolute Gasteiger partial charge is 0.0882 e. The second-order valence-corrected chi connectivity index (χ2v) is 4.36. The molecule has 15 heavy (non-hydrogen) atoms. The van der Waals surface area contributed by atoms with Crippen LogP contribution in [0, 0.1) is 11.8 Å². The topological polar surface area (TPSA) is 19.9 Å². The fourth-order valence-corrected chi connectivity index (χ4v) is 1.26. The largest absolute Gasteiger partial charge is 0.236 e. The molecule has 2 unspecified atom stereocenters. The third kappa shape index (κ3) is 9.74. The van der Waals surface area contributed by atoms with Gasteiger partial charge in [-0.05, 0) is 18.8 Å². The Morgan fingerprint density at radius 3 is 2.33 bits per heavy atom. The van der Waals surface area contributed by atoms with E-state index in [4.69, 9.17) is 0 Å². The normalized spacial score (nSPS) is 16.3. The third-order valence-corrected chi connectivity index (χ3v) is 2.43. The highest BCUT2D eigenvalue weighted by atomic mass is 16.3. The van der Waals surface area contributed by atoms with Gasteiger partial charge in [-0.2, -0.15) is 0 Å². The van der Waals surface area contributed by atoms with Crippen LogP contribution < -0.4 is 0 Å². The third-order valence-electron chi connectivity index (χ3n) is 2.43. The van der Waals surface area contributed by atoms with Gasteiger partial charge in [-0.25, -0.2) is 5.11 Å². The van der Waals surface area contributed by atoms with Gasteiger partial charge in [-0.3, -0.25) is 0 Å². The lowest BCUT2D eigenvalue weighted by atomic mass is 10.0. The van der Waals surface area contributed by atoms with Gasteiger partial charge >= 0.3 is 0 Å². The van der Waals surface area contributed by atoms with Gasteiger partial charge in [0.25, 0.3) is 0 Å². The molecule has 0 aromatic heterocycles. The molecule has 0 saturated heterocycles. The molecule has 0 aliphatic carbocycles. The minimum atomic E-state index is -0.00441. The van der Waals surface area contributed by atoms with Crippen LogP contribution >= 0.6 is 0 Å². The lowest BCUT2D eigenvalue weighted by Gasteiger charge is -2.03. The molecule has 0 rings (SSSR count). The Kier molecular flexibility index (Phi) is 9.60. The molecule has 0 fully saturated rings. The standard InChI is InChI=1S/C14H25O/c1-4-5-6-7-8-9-13(2)10-11-14(3)12-15/h7-8,10-11,13-14H,4-6,9,12H2,1-3H3/b8-7+,11-10+. The molecule has 0 saturated carbocycles. The summed E-state index contributed by atoms with van der Waals surface area (Å²) in [5, 5.41) is 10.5. The molecule has 0 aromatic rings. The molecule has 0 amide bonds. The number of hydrogen-bond acceptors (Lipinski definition) is 0. The molecule has 0 aliphatic heterocycles. The Balaban J connectivity index is 3.60. The summed E-state index contributed by atoms with van der Waals surface area (Å²) >= 11 is 0. The van der Waals surface area contributed by atoms with E-state index in [1.807, 2.05) is 13.0 Å². The van der Waals surface area contributed by atoms with Crippen LogP contribution in [0.1, 0.15) is 46.5 Å². The van der Waals surface area contributed by atoms with E-state index in [2.05, 4.69) is 32.1 Å². The SMILES string of the molecule is CCCC/C=C/CC(C)/C=C/C(C)C[O]. The van der Waals surface area contributed by atoms with Crippen molar-refractivity contribution in [3.05, 3.63) is 24.3 Å². The van der Waals surface area contributed by atoms with Crippen molar-refractivity contribution in [1.82, 2.24) is 0 Å². The second-order valence-electron chi connectivity index (χ2n) is 4.36. The van der Waals surface area contributed by atoms with Gasteiger partial charge < -0.3 is 0 Å². The monoisotopic (exact) mass is 209 g/mol. The van der Waals surface area contributed by atoms with Crippen molar-refractivity contribution in [1.29, 1.82) is 0 Å². The van der Waals surface area contributed by atoms with E-state index >= 15 is 0 Å². The molecule has 1 nitrogen and oxygen atoms in total. The van der Waals surface area contributed by atoms with Crippen LogP contribution in [0.15, 0.2) is 24.3 Å². The van der Waals surface area contributed by atoms with Crippen LogP contribution in [-0.4, -0.2) is 6.61 Å². The minimum Gasteiger partial charge on any atom is -0.236 e. The second kappa shape index (κ2) is 9.97. The molecule has 1 radical (unpaired) electrons. The molecule has 0 aliphatic rings. The number of unbranched alkanes of at least 4 members (excludes halogenated alkanes) is 2. The molecule has 0 heterocycles. The van der Waals surface area contributed by atoms with Crippen LogP contribution in [0.2, 0.25) is 0 Å². The Hall–Kier alpha value is -0.560. The summed E-state index contributed by atoms with van der Waals surface area (Å²) < 4.78 is 0. The Labute approximate surface area is 94.9 Å². The first kappa shape index (κ1) is 14.4. The van der Waals surface area contributed by atoms with Crippen molar-refractivity contribution < 1.29 is 5.11 Å². The van der Waals surface area contributed by atoms with Gasteiger partial charge in [0.05, 0.1) is 6.61 Å². The molecular formula is C14H25O. The van der Waals surface area contributed by atoms with Crippen molar-refractivity contribution in [2.45, 2.75) is 46.5 Å². The van der Waals surface area contributed by atoms with Gasteiger partial charge in [-0.15, -0.1) is 0 Å². The lowest BCUT2D eigenvalue weighted by molar-refractivity contribution is 0.168. The highest BCUT2D eigenvalue weighted by molar-refractivity contribution is 4.94. The number of rotatable bonds is 8. The molecule has 87 valence electrons. The average Bonchev–Trinajstić information content (AvgIpc) is 2.25. The summed E-state index contributed by atoms with van der Waals surface area (Å²) in [5.41, 5.74) is 0. The van der Waals surface area contributed by atoms with Crippen LogP contribution in [0.5, 0.6) is 0 Å². The van der Waals surface area contributed by atoms with Crippen LogP contribution in [0.25, 0.3) is 0 Å². The fourth-order valence-electron chi connectivity index (χ4n) is 1.26. The number of hydrogen-bond donors (Lipinski definition) is 0. The first-order valence-corrected chi connectivity index (χ1v) is 6.12. The molecule has 0 N–H and O–H groups in total. The predicted octanol–water partition coefficient (Wildman–Crippen LogP) is 4.38. The van der Waals surface area contributed by atoms with Crippen LogP contribution in [0.4, 0.5) is 0 Å². The maximum atomic E-state index is 10.5. The highest BCUT2D eigenvalue weighted by Gasteiger charge is 1.96. The zero-order valence-electron chi connectivity index (χ0n) is 10.4. The van der Waals surface area contributed by atoms with E-state index in [9.17, 15) is 5.11 Å². The minimum absolute atomic E-state index is 0.00441. The lowest BCUT2D eigenvalue weighted by Crippen LogP contribution is -1.95. The van der Waals surface area contributed by atoms with Gasteiger partial charge in [0.15, 0.2) is 0 Å². The maximum Gasteiger partial charge on any atom is 0.0882 e. The summed E-state index contributed by atoms with van der Waals surface area (Å²) in [6.07, 6.45) is 13.6.